The molecule has 3 nitrogen and oxygen atoms in total. The molecular weight excluding hydrogens is 214 g/mol. The number of hydrogen-bond acceptors (Lipinski definition) is 3. The van der Waals surface area contributed by atoms with E-state index in [-0.39, 0.29) is 11.4 Å². The number of aliphatic hydroxyl groups excluding tert-OH is 1. The lowest BCUT2D eigenvalue weighted by Crippen LogP contribution is -2.06. The molecule has 0 fully saturated rings. The second-order valence-corrected chi connectivity index (χ2v) is 3.18. The van der Waals surface area contributed by atoms with Crippen LogP contribution in [0.4, 0.5) is 8.78 Å². The first-order valence-electron chi connectivity index (χ1n) is 4.58. The van der Waals surface area contributed by atoms with Crippen LogP contribution in [-0.4, -0.2) is 15.1 Å². The van der Waals surface area contributed by atoms with Crippen molar-refractivity contribution in [3.05, 3.63) is 59.7 Å². The maximum Gasteiger partial charge on any atom is 0.161 e. The van der Waals surface area contributed by atoms with Crippen LogP contribution in [-0.2, 0) is 0 Å². The fourth-order valence-corrected chi connectivity index (χ4v) is 1.31. The van der Waals surface area contributed by atoms with Gasteiger partial charge in [-0.25, -0.2) is 18.7 Å². The van der Waals surface area contributed by atoms with Crippen LogP contribution in [0.3, 0.4) is 0 Å². The second kappa shape index (κ2) is 4.32. The Morgan fingerprint density at radius 1 is 1.12 bits per heavy atom. The van der Waals surface area contributed by atoms with E-state index in [2.05, 4.69) is 9.97 Å². The van der Waals surface area contributed by atoms with Gasteiger partial charge in [0.05, 0.1) is 0 Å². The van der Waals surface area contributed by atoms with Crippen molar-refractivity contribution in [2.75, 3.05) is 0 Å². The minimum atomic E-state index is -1.29. The Kier molecular flexibility index (Phi) is 2.87. The standard InChI is InChI=1S/C11H8F2N2O/c12-7-2-3-8(9(13)6-7)10(16)11-14-4-1-5-15-11/h1-6,10,16H. The fourth-order valence-electron chi connectivity index (χ4n) is 1.31. The van der Waals surface area contributed by atoms with Gasteiger partial charge in [0, 0.05) is 24.0 Å². The van der Waals surface area contributed by atoms with Crippen molar-refractivity contribution < 1.29 is 13.9 Å². The summed E-state index contributed by atoms with van der Waals surface area (Å²) >= 11 is 0. The Balaban J connectivity index is 2.38. The molecule has 0 aliphatic rings. The molecule has 1 unspecified atom stereocenters. The molecule has 1 heterocycles. The molecule has 1 aromatic carbocycles. The van der Waals surface area contributed by atoms with Gasteiger partial charge in [-0.3, -0.25) is 0 Å². The molecule has 1 aromatic heterocycles. The highest BCUT2D eigenvalue weighted by Crippen LogP contribution is 2.21. The van der Waals surface area contributed by atoms with Crippen molar-refractivity contribution in [2.45, 2.75) is 6.10 Å². The molecule has 0 amide bonds. The maximum absolute atomic E-state index is 13.3. The number of aliphatic hydroxyl groups is 1. The maximum atomic E-state index is 13.3. The van der Waals surface area contributed by atoms with E-state index in [4.69, 9.17) is 0 Å². The van der Waals surface area contributed by atoms with Crippen LogP contribution in [0.15, 0.2) is 36.7 Å². The third kappa shape index (κ3) is 2.04. The van der Waals surface area contributed by atoms with Crippen LogP contribution in [0.2, 0.25) is 0 Å². The average molecular weight is 222 g/mol. The summed E-state index contributed by atoms with van der Waals surface area (Å²) in [6.45, 7) is 0. The number of rotatable bonds is 2. The van der Waals surface area contributed by atoms with Crippen LogP contribution < -0.4 is 0 Å². The highest BCUT2D eigenvalue weighted by molar-refractivity contribution is 5.24. The van der Waals surface area contributed by atoms with E-state index < -0.39 is 17.7 Å². The molecule has 0 saturated heterocycles. The zero-order chi connectivity index (χ0) is 11.5. The first-order chi connectivity index (χ1) is 7.68. The summed E-state index contributed by atoms with van der Waals surface area (Å²) in [7, 11) is 0. The smallest absolute Gasteiger partial charge is 0.161 e. The zero-order valence-electron chi connectivity index (χ0n) is 8.14. The van der Waals surface area contributed by atoms with E-state index in [1.165, 1.54) is 18.5 Å². The monoisotopic (exact) mass is 222 g/mol. The first-order valence-corrected chi connectivity index (χ1v) is 4.58. The molecule has 5 heteroatoms. The van der Waals surface area contributed by atoms with E-state index in [1.54, 1.807) is 6.07 Å². The molecule has 16 heavy (non-hydrogen) atoms. The summed E-state index contributed by atoms with van der Waals surface area (Å²) in [4.78, 5) is 7.59. The van der Waals surface area contributed by atoms with Gasteiger partial charge >= 0.3 is 0 Å². The van der Waals surface area contributed by atoms with Gasteiger partial charge in [0.25, 0.3) is 0 Å². The van der Waals surface area contributed by atoms with Gasteiger partial charge < -0.3 is 5.11 Å². The van der Waals surface area contributed by atoms with Gasteiger partial charge in [-0.1, -0.05) is 6.07 Å². The molecule has 0 saturated carbocycles. The van der Waals surface area contributed by atoms with Crippen molar-refractivity contribution in [3.8, 4) is 0 Å². The number of aromatic nitrogens is 2. The fraction of sp³-hybridized carbons (Fsp3) is 0.0909. The molecule has 1 N–H and O–H groups in total. The Hall–Kier alpha value is -1.88. The predicted octanol–water partition coefficient (Wildman–Crippen LogP) is 1.84. The summed E-state index contributed by atoms with van der Waals surface area (Å²) < 4.78 is 26.0. The predicted molar refractivity (Wildman–Crippen MR) is 52.5 cm³/mol. The lowest BCUT2D eigenvalue weighted by Gasteiger charge is -2.09. The lowest BCUT2D eigenvalue weighted by molar-refractivity contribution is 0.204. The van der Waals surface area contributed by atoms with Gasteiger partial charge in [0.2, 0.25) is 0 Å². The summed E-state index contributed by atoms with van der Waals surface area (Å²) in [5, 5.41) is 9.78. The van der Waals surface area contributed by atoms with Crippen LogP contribution in [0.1, 0.15) is 17.5 Å². The van der Waals surface area contributed by atoms with Gasteiger partial charge in [0.1, 0.15) is 17.7 Å². The largest absolute Gasteiger partial charge is 0.380 e. The Labute approximate surface area is 90.4 Å². The summed E-state index contributed by atoms with van der Waals surface area (Å²) in [6, 6.07) is 4.54. The van der Waals surface area contributed by atoms with Crippen molar-refractivity contribution in [2.24, 2.45) is 0 Å². The van der Waals surface area contributed by atoms with Crippen molar-refractivity contribution >= 4 is 0 Å². The van der Waals surface area contributed by atoms with E-state index in [0.717, 1.165) is 6.07 Å². The zero-order valence-corrected chi connectivity index (χ0v) is 8.14. The molecule has 0 aliphatic heterocycles. The molecule has 0 spiro atoms. The molecule has 0 aliphatic carbocycles. The lowest BCUT2D eigenvalue weighted by atomic mass is 10.1. The van der Waals surface area contributed by atoms with Crippen LogP contribution in [0.5, 0.6) is 0 Å². The Morgan fingerprint density at radius 2 is 1.81 bits per heavy atom. The summed E-state index contributed by atoms with van der Waals surface area (Å²) in [5.41, 5.74) is -0.0485. The van der Waals surface area contributed by atoms with Crippen molar-refractivity contribution in [1.29, 1.82) is 0 Å². The van der Waals surface area contributed by atoms with Crippen molar-refractivity contribution in [1.82, 2.24) is 9.97 Å². The van der Waals surface area contributed by atoms with Gasteiger partial charge in [-0.05, 0) is 12.1 Å². The number of hydrogen-bond donors (Lipinski definition) is 1. The van der Waals surface area contributed by atoms with Crippen LogP contribution in [0, 0.1) is 11.6 Å². The van der Waals surface area contributed by atoms with Gasteiger partial charge in [-0.15, -0.1) is 0 Å². The van der Waals surface area contributed by atoms with Crippen LogP contribution in [0.25, 0.3) is 0 Å². The molecule has 82 valence electrons. The number of benzene rings is 1. The summed E-state index contributed by atoms with van der Waals surface area (Å²) in [5.74, 6) is -1.43. The molecule has 2 aromatic rings. The van der Waals surface area contributed by atoms with E-state index in [0.29, 0.717) is 6.07 Å². The molecule has 0 radical (unpaired) electrons. The quantitative estimate of drug-likeness (QED) is 0.843. The van der Waals surface area contributed by atoms with Gasteiger partial charge in [0.15, 0.2) is 5.82 Å². The van der Waals surface area contributed by atoms with Crippen LogP contribution >= 0.6 is 0 Å². The number of nitrogens with zero attached hydrogens (tertiary/aromatic N) is 2. The topological polar surface area (TPSA) is 46.0 Å². The number of halogens is 2. The molecule has 0 bridgehead atoms. The molecular formula is C11H8F2N2O. The Bertz CT molecular complexity index is 491. The second-order valence-electron chi connectivity index (χ2n) is 3.18. The molecule has 2 rings (SSSR count). The third-order valence-corrected chi connectivity index (χ3v) is 2.09. The molecule has 1 atom stereocenters. The first kappa shape index (κ1) is 10.6. The third-order valence-electron chi connectivity index (χ3n) is 2.09. The van der Waals surface area contributed by atoms with E-state index >= 15 is 0 Å². The van der Waals surface area contributed by atoms with Gasteiger partial charge in [-0.2, -0.15) is 0 Å². The summed E-state index contributed by atoms with van der Waals surface area (Å²) in [6.07, 6.45) is 1.58. The normalized spacial score (nSPS) is 12.4. The Morgan fingerprint density at radius 3 is 2.44 bits per heavy atom. The highest BCUT2D eigenvalue weighted by Gasteiger charge is 2.17. The minimum Gasteiger partial charge on any atom is -0.380 e. The SMILES string of the molecule is OC(c1ncccn1)c1ccc(F)cc1F. The van der Waals surface area contributed by atoms with Crippen molar-refractivity contribution in [3.63, 3.8) is 0 Å². The average Bonchev–Trinajstić information content (AvgIpc) is 2.29. The van der Waals surface area contributed by atoms with E-state index in [1.807, 2.05) is 0 Å². The van der Waals surface area contributed by atoms with E-state index in [9.17, 15) is 13.9 Å². The minimum absolute atomic E-state index is 0.0485. The highest BCUT2D eigenvalue weighted by atomic mass is 19.1.